The number of hydrogen-bond acceptors (Lipinski definition) is 15. The van der Waals surface area contributed by atoms with Crippen molar-refractivity contribution in [3.05, 3.63) is 12.2 Å². The molecule has 0 radical (unpaired) electrons. The molecule has 4 amide bonds. The molecule has 19 heteroatoms. The maximum atomic E-state index is 12.7. The van der Waals surface area contributed by atoms with Crippen LogP contribution in [0, 0.1) is 0 Å². The highest BCUT2D eigenvalue weighted by Crippen LogP contribution is 2.09. The summed E-state index contributed by atoms with van der Waals surface area (Å²) in [5, 5.41) is 14.4. The second-order valence-electron chi connectivity index (χ2n) is 11.9. The minimum atomic E-state index is -1.84. The number of amides is 4. The number of nitrogens with one attached hydrogen (secondary N) is 2. The summed E-state index contributed by atoms with van der Waals surface area (Å²) in [4.78, 5) is 105. The van der Waals surface area contributed by atoms with Gasteiger partial charge in [0.2, 0.25) is 11.8 Å². The summed E-state index contributed by atoms with van der Waals surface area (Å²) in [5.41, 5.74) is 0. The maximum Gasteiger partial charge on any atom is 0.412 e. The molecule has 0 aliphatic carbocycles. The lowest BCUT2D eigenvalue weighted by molar-refractivity contribution is -0.258. The molecule has 2 aliphatic rings. The summed E-state index contributed by atoms with van der Waals surface area (Å²) in [7, 11) is 3.38. The van der Waals surface area contributed by atoms with E-state index in [-0.39, 0.29) is 39.1 Å². The van der Waals surface area contributed by atoms with Crippen LogP contribution in [0.5, 0.6) is 0 Å². The second-order valence-corrected chi connectivity index (χ2v) is 11.9. The highest BCUT2D eigenvalue weighted by atomic mass is 16.9. The Balaban J connectivity index is 1.82. The van der Waals surface area contributed by atoms with Crippen molar-refractivity contribution in [3.8, 4) is 0 Å². The van der Waals surface area contributed by atoms with Crippen LogP contribution in [0.1, 0.15) is 33.1 Å². The van der Waals surface area contributed by atoms with Gasteiger partial charge in [0.15, 0.2) is 0 Å². The second kappa shape index (κ2) is 21.6. The molecule has 0 saturated carbocycles. The van der Waals surface area contributed by atoms with Gasteiger partial charge in [0.25, 0.3) is 11.8 Å². The Hall–Kier alpha value is -4.46. The van der Waals surface area contributed by atoms with Crippen molar-refractivity contribution in [2.45, 2.75) is 45.6 Å². The van der Waals surface area contributed by atoms with E-state index >= 15 is 0 Å². The van der Waals surface area contributed by atoms with Crippen LogP contribution in [-0.4, -0.2) is 182 Å². The predicted molar refractivity (Wildman–Crippen MR) is 174 cm³/mol. The van der Waals surface area contributed by atoms with Crippen LogP contribution in [0.3, 0.4) is 0 Å². The third-order valence-electron chi connectivity index (χ3n) is 7.82. The van der Waals surface area contributed by atoms with Gasteiger partial charge in [0.1, 0.15) is 6.04 Å². The molecule has 280 valence electrons. The topological polar surface area (TPSA) is 225 Å². The van der Waals surface area contributed by atoms with Crippen LogP contribution in [0.25, 0.3) is 0 Å². The number of carbonyl (C=O) groups excluding carboxylic acids is 7. The van der Waals surface area contributed by atoms with Crippen LogP contribution in [0.15, 0.2) is 12.2 Å². The molecular formula is C31H49N7O12. The van der Waals surface area contributed by atoms with E-state index in [9.17, 15) is 43.5 Å². The number of likely N-dealkylation sites (N-methyl/N-ethyl adjacent to an activating group) is 3. The molecule has 2 atom stereocenters. The molecule has 0 spiro atoms. The van der Waals surface area contributed by atoms with E-state index in [1.165, 1.54) is 12.2 Å². The van der Waals surface area contributed by atoms with Gasteiger partial charge in [-0.2, -0.15) is 0 Å². The highest BCUT2D eigenvalue weighted by Gasteiger charge is 2.28. The summed E-state index contributed by atoms with van der Waals surface area (Å²) < 4.78 is 15.3. The van der Waals surface area contributed by atoms with Crippen LogP contribution in [0.2, 0.25) is 0 Å². The Morgan fingerprint density at radius 1 is 0.940 bits per heavy atom. The normalized spacial score (nSPS) is 18.4. The molecule has 2 heterocycles. The Labute approximate surface area is 290 Å². The van der Waals surface area contributed by atoms with Gasteiger partial charge >= 0.3 is 30.4 Å². The van der Waals surface area contributed by atoms with E-state index in [0.29, 0.717) is 52.1 Å². The van der Waals surface area contributed by atoms with Crippen LogP contribution in [-0.2, 0) is 52.6 Å². The third-order valence-corrected chi connectivity index (χ3v) is 7.82. The average molecular weight is 712 g/mol. The summed E-state index contributed by atoms with van der Waals surface area (Å²) >= 11 is 0. The zero-order valence-electron chi connectivity index (χ0n) is 29.1. The number of ether oxygens (including phenoxy) is 3. The Bertz CT molecular complexity index is 1240. The molecule has 0 aromatic heterocycles. The molecule has 2 rings (SSSR count). The van der Waals surface area contributed by atoms with Gasteiger partial charge in [-0.1, -0.05) is 13.8 Å². The van der Waals surface area contributed by atoms with Crippen molar-refractivity contribution in [2.75, 3.05) is 92.6 Å². The number of unbranched alkanes of at least 4 members (excludes halogenated alkanes) is 1. The fraction of sp³-hybridized carbons (Fsp3) is 0.677. The summed E-state index contributed by atoms with van der Waals surface area (Å²) in [6.07, 6.45) is 3.08. The molecule has 0 aromatic carbocycles. The minimum absolute atomic E-state index is 0.0633. The number of hydrogen-bond donors (Lipinski definition) is 3. The first-order valence-electron chi connectivity index (χ1n) is 16.4. The smallest absolute Gasteiger partial charge is 0.412 e. The monoisotopic (exact) mass is 711 g/mol. The SMILES string of the molecule is CCN(C)CC(=O)OC1OC(=O)CN(C)CCN(CCN(CC)CC(=O)NCC(=O)N[C@@H](CCCCN2C(=O)C=CC2=O)C(=O)O)CC(=O)O1. The van der Waals surface area contributed by atoms with Crippen molar-refractivity contribution in [1.82, 2.24) is 35.1 Å². The number of imide groups is 1. The summed E-state index contributed by atoms with van der Waals surface area (Å²) in [5.74, 6) is -5.55. The van der Waals surface area contributed by atoms with Crippen LogP contribution in [0.4, 0.5) is 0 Å². The van der Waals surface area contributed by atoms with E-state index in [2.05, 4.69) is 10.6 Å². The largest absolute Gasteiger partial charge is 0.480 e. The molecule has 3 N–H and O–H groups in total. The zero-order chi connectivity index (χ0) is 37.2. The lowest BCUT2D eigenvalue weighted by atomic mass is 10.1. The quantitative estimate of drug-likeness (QED) is 0.0699. The molecule has 50 heavy (non-hydrogen) atoms. The van der Waals surface area contributed by atoms with Gasteiger partial charge in [0.05, 0.1) is 32.7 Å². The van der Waals surface area contributed by atoms with Crippen molar-refractivity contribution < 1.29 is 57.7 Å². The number of carbonyl (C=O) groups is 8. The molecular weight excluding hydrogens is 662 g/mol. The number of aliphatic carboxylic acids is 1. The van der Waals surface area contributed by atoms with E-state index < -0.39 is 66.6 Å². The molecule has 0 aromatic rings. The minimum Gasteiger partial charge on any atom is -0.480 e. The van der Waals surface area contributed by atoms with E-state index in [0.717, 1.165) is 4.90 Å². The Kier molecular flexibility index (Phi) is 18.0. The molecule has 1 fully saturated rings. The zero-order valence-corrected chi connectivity index (χ0v) is 29.1. The number of carboxylic acids is 1. The fourth-order valence-corrected chi connectivity index (χ4v) is 4.74. The molecule has 2 aliphatic heterocycles. The van der Waals surface area contributed by atoms with Crippen molar-refractivity contribution in [1.29, 1.82) is 0 Å². The predicted octanol–water partition coefficient (Wildman–Crippen LogP) is -2.80. The van der Waals surface area contributed by atoms with Crippen molar-refractivity contribution in [3.63, 3.8) is 0 Å². The van der Waals surface area contributed by atoms with Gasteiger partial charge in [-0.25, -0.2) is 4.79 Å². The third kappa shape index (κ3) is 15.8. The highest BCUT2D eigenvalue weighted by molar-refractivity contribution is 6.12. The summed E-state index contributed by atoms with van der Waals surface area (Å²) in [6.45, 7) is 3.42. The number of nitrogens with zero attached hydrogens (tertiary/aromatic N) is 5. The summed E-state index contributed by atoms with van der Waals surface area (Å²) in [6, 6.07) is -1.22. The molecule has 19 nitrogen and oxygen atoms in total. The van der Waals surface area contributed by atoms with E-state index in [4.69, 9.17) is 14.2 Å². The number of esters is 3. The van der Waals surface area contributed by atoms with E-state index in [1.807, 2.05) is 13.8 Å². The van der Waals surface area contributed by atoms with Crippen LogP contribution >= 0.6 is 0 Å². The Morgan fingerprint density at radius 2 is 1.60 bits per heavy atom. The first-order chi connectivity index (χ1) is 23.7. The number of cyclic esters (lactones) is 2. The van der Waals surface area contributed by atoms with Crippen molar-refractivity contribution in [2.24, 2.45) is 0 Å². The molecule has 0 bridgehead atoms. The lowest BCUT2D eigenvalue weighted by Crippen LogP contribution is -2.48. The Morgan fingerprint density at radius 3 is 2.22 bits per heavy atom. The first kappa shape index (κ1) is 41.7. The van der Waals surface area contributed by atoms with Crippen molar-refractivity contribution >= 4 is 47.5 Å². The van der Waals surface area contributed by atoms with E-state index in [1.54, 1.807) is 33.7 Å². The van der Waals surface area contributed by atoms with Gasteiger partial charge in [-0.05, 0) is 46.4 Å². The van der Waals surface area contributed by atoms with Gasteiger partial charge in [-0.15, -0.1) is 0 Å². The van der Waals surface area contributed by atoms with Gasteiger partial charge < -0.3 is 30.0 Å². The van der Waals surface area contributed by atoms with Gasteiger partial charge in [-0.3, -0.25) is 58.1 Å². The lowest BCUT2D eigenvalue weighted by Gasteiger charge is -2.27. The average Bonchev–Trinajstić information content (AvgIpc) is 3.36. The fourth-order valence-electron chi connectivity index (χ4n) is 4.74. The van der Waals surface area contributed by atoms with Crippen LogP contribution < -0.4 is 10.6 Å². The molecule has 1 saturated heterocycles. The standard InChI is InChI=1S/C31H49N7O12/c1-5-34(3)19-27(43)48-31-49-28(44)20-35(4)13-14-37(21-29(45)50-31)16-15-36(6-2)18-24(40)32-17-23(39)33-22(30(46)47)9-7-8-12-38-25(41)10-11-26(38)42/h10-11,22,31H,5-9,12-21H2,1-4H3,(H,32,40)(H,33,39)(H,46,47)/t22-,31?/m0/s1. The number of rotatable bonds is 19. The number of carboxylic acid groups (broad SMARTS) is 1. The van der Waals surface area contributed by atoms with Gasteiger partial charge in [0, 0.05) is 44.9 Å². The maximum absolute atomic E-state index is 12.7. The first-order valence-corrected chi connectivity index (χ1v) is 16.4. The molecule has 1 unspecified atom stereocenters.